The second kappa shape index (κ2) is 7.02. The summed E-state index contributed by atoms with van der Waals surface area (Å²) in [5, 5.41) is 2.61. The maximum absolute atomic E-state index is 11.8. The van der Waals surface area contributed by atoms with Crippen molar-refractivity contribution in [1.82, 2.24) is 5.32 Å². The van der Waals surface area contributed by atoms with E-state index >= 15 is 0 Å². The van der Waals surface area contributed by atoms with Crippen LogP contribution in [-0.2, 0) is 10.2 Å². The third-order valence-electron chi connectivity index (χ3n) is 3.75. The van der Waals surface area contributed by atoms with Crippen LogP contribution in [-0.4, -0.2) is 10.2 Å². The van der Waals surface area contributed by atoms with Crippen molar-refractivity contribution < 1.29 is 9.53 Å². The monoisotopic (exact) mass is 369 g/mol. The molecule has 5 heteroatoms. The summed E-state index contributed by atoms with van der Waals surface area (Å²) in [5.41, 5.74) is 2.27. The van der Waals surface area contributed by atoms with Crippen LogP contribution in [0.1, 0.15) is 31.9 Å². The van der Waals surface area contributed by atoms with Gasteiger partial charge in [-0.05, 0) is 46.9 Å². The molecule has 1 N–H and O–H groups in total. The van der Waals surface area contributed by atoms with Gasteiger partial charge in [0.1, 0.15) is 15.8 Å². The predicted octanol–water partition coefficient (Wildman–Crippen LogP) is 5.27. The number of nitrogens with one attached hydrogen (secondary N) is 1. The highest BCUT2D eigenvalue weighted by molar-refractivity contribution is 8.26. The molecule has 1 fully saturated rings. The molecule has 0 spiro atoms. The van der Waals surface area contributed by atoms with Crippen LogP contribution in [0.25, 0.3) is 6.08 Å². The summed E-state index contributed by atoms with van der Waals surface area (Å²) in [6.45, 7) is 6.55. The Morgan fingerprint density at radius 1 is 1.08 bits per heavy atom. The van der Waals surface area contributed by atoms with Crippen molar-refractivity contribution in [2.75, 3.05) is 0 Å². The Morgan fingerprint density at radius 2 is 1.80 bits per heavy atom. The SMILES string of the molecule is CC(C)(C)c1ccc(Oc2cccc(/C=C3/SC(=S)NC3=O)c2)cc1. The number of hydrogen-bond donors (Lipinski definition) is 1. The van der Waals surface area contributed by atoms with Gasteiger partial charge in [-0.1, -0.05) is 69.0 Å². The summed E-state index contributed by atoms with van der Waals surface area (Å²) in [6.07, 6.45) is 1.81. The molecule has 2 aromatic carbocycles. The van der Waals surface area contributed by atoms with Crippen LogP contribution in [0.2, 0.25) is 0 Å². The molecule has 0 radical (unpaired) electrons. The molecule has 2 aromatic rings. The summed E-state index contributed by atoms with van der Waals surface area (Å²) >= 11 is 6.28. The number of hydrogen-bond acceptors (Lipinski definition) is 4. The molecule has 0 unspecified atom stereocenters. The molecular weight excluding hydrogens is 350 g/mol. The normalized spacial score (nSPS) is 16.2. The standard InChI is InChI=1S/C20H19NO2S2/c1-20(2,3)14-7-9-15(10-8-14)23-16-6-4-5-13(11-16)12-17-18(22)21-19(24)25-17/h4-12H,1-3H3,(H,21,22,24)/b17-12+. The minimum atomic E-state index is -0.154. The number of thioether (sulfide) groups is 1. The minimum Gasteiger partial charge on any atom is -0.457 e. The molecule has 1 aliphatic rings. The topological polar surface area (TPSA) is 38.3 Å². The zero-order chi connectivity index (χ0) is 18.0. The average molecular weight is 370 g/mol. The molecule has 1 amide bonds. The zero-order valence-electron chi connectivity index (χ0n) is 14.3. The lowest BCUT2D eigenvalue weighted by Crippen LogP contribution is -2.17. The van der Waals surface area contributed by atoms with Gasteiger partial charge in [-0.25, -0.2) is 0 Å². The van der Waals surface area contributed by atoms with E-state index in [2.05, 4.69) is 38.2 Å². The third-order valence-corrected chi connectivity index (χ3v) is 4.92. The van der Waals surface area contributed by atoms with Gasteiger partial charge in [0.25, 0.3) is 5.91 Å². The highest BCUT2D eigenvalue weighted by Gasteiger charge is 2.21. The second-order valence-electron chi connectivity index (χ2n) is 6.80. The van der Waals surface area contributed by atoms with Crippen LogP contribution in [0.15, 0.2) is 53.4 Å². The highest BCUT2D eigenvalue weighted by atomic mass is 32.2. The number of carbonyl (C=O) groups is 1. The van der Waals surface area contributed by atoms with Crippen LogP contribution in [0.3, 0.4) is 0 Å². The fourth-order valence-electron chi connectivity index (χ4n) is 2.40. The first kappa shape index (κ1) is 17.7. The largest absolute Gasteiger partial charge is 0.457 e. The summed E-state index contributed by atoms with van der Waals surface area (Å²) < 4.78 is 6.43. The van der Waals surface area contributed by atoms with E-state index in [4.69, 9.17) is 17.0 Å². The van der Waals surface area contributed by atoms with Gasteiger partial charge in [0.2, 0.25) is 0 Å². The van der Waals surface area contributed by atoms with Crippen molar-refractivity contribution in [2.24, 2.45) is 0 Å². The molecule has 128 valence electrons. The van der Waals surface area contributed by atoms with E-state index in [0.29, 0.717) is 9.23 Å². The molecule has 1 saturated heterocycles. The fraction of sp³-hybridized carbons (Fsp3) is 0.200. The number of thiocarbonyl (C=S) groups is 1. The van der Waals surface area contributed by atoms with Crippen LogP contribution < -0.4 is 10.1 Å². The van der Waals surface area contributed by atoms with E-state index in [1.807, 2.05) is 42.5 Å². The Kier molecular flexibility index (Phi) is 4.97. The van der Waals surface area contributed by atoms with E-state index < -0.39 is 0 Å². The van der Waals surface area contributed by atoms with Gasteiger partial charge in [-0.3, -0.25) is 4.79 Å². The van der Waals surface area contributed by atoms with Crippen molar-refractivity contribution in [3.05, 3.63) is 64.6 Å². The molecule has 0 aliphatic carbocycles. The van der Waals surface area contributed by atoms with Gasteiger partial charge < -0.3 is 10.1 Å². The molecule has 1 heterocycles. The van der Waals surface area contributed by atoms with E-state index in [-0.39, 0.29) is 11.3 Å². The number of rotatable bonds is 3. The van der Waals surface area contributed by atoms with Crippen molar-refractivity contribution >= 4 is 40.3 Å². The zero-order valence-corrected chi connectivity index (χ0v) is 16.0. The first-order valence-corrected chi connectivity index (χ1v) is 9.17. The van der Waals surface area contributed by atoms with Crippen LogP contribution >= 0.6 is 24.0 Å². The lowest BCUT2D eigenvalue weighted by atomic mass is 9.87. The van der Waals surface area contributed by atoms with Crippen molar-refractivity contribution in [2.45, 2.75) is 26.2 Å². The number of carbonyl (C=O) groups excluding carboxylic acids is 1. The van der Waals surface area contributed by atoms with Crippen LogP contribution in [0.5, 0.6) is 11.5 Å². The Labute approximate surface area is 157 Å². The van der Waals surface area contributed by atoms with Crippen molar-refractivity contribution in [1.29, 1.82) is 0 Å². The Morgan fingerprint density at radius 3 is 2.40 bits per heavy atom. The Bertz CT molecular complexity index is 849. The average Bonchev–Trinajstić information content (AvgIpc) is 2.85. The first-order chi connectivity index (χ1) is 11.8. The molecule has 0 aromatic heterocycles. The summed E-state index contributed by atoms with van der Waals surface area (Å²) in [4.78, 5) is 12.4. The Balaban J connectivity index is 1.77. The van der Waals surface area contributed by atoms with Gasteiger partial charge >= 0.3 is 0 Å². The quantitative estimate of drug-likeness (QED) is 0.591. The fourth-order valence-corrected chi connectivity index (χ4v) is 3.44. The summed E-state index contributed by atoms with van der Waals surface area (Å²) in [7, 11) is 0. The molecule has 0 bridgehead atoms. The number of benzene rings is 2. The van der Waals surface area contributed by atoms with Gasteiger partial charge in [0.15, 0.2) is 0 Å². The van der Waals surface area contributed by atoms with E-state index in [9.17, 15) is 4.79 Å². The van der Waals surface area contributed by atoms with E-state index in [0.717, 1.165) is 17.1 Å². The van der Waals surface area contributed by atoms with E-state index in [1.54, 1.807) is 0 Å². The summed E-state index contributed by atoms with van der Waals surface area (Å²) in [6, 6.07) is 15.8. The highest BCUT2D eigenvalue weighted by Crippen LogP contribution is 2.29. The molecule has 0 atom stereocenters. The number of ether oxygens (including phenoxy) is 1. The van der Waals surface area contributed by atoms with Crippen LogP contribution in [0, 0.1) is 0 Å². The molecular formula is C20H19NO2S2. The minimum absolute atomic E-state index is 0.116. The van der Waals surface area contributed by atoms with Gasteiger partial charge in [-0.2, -0.15) is 0 Å². The molecule has 3 rings (SSSR count). The third kappa shape index (κ3) is 4.50. The maximum Gasteiger partial charge on any atom is 0.263 e. The van der Waals surface area contributed by atoms with Crippen molar-refractivity contribution in [3.8, 4) is 11.5 Å². The lowest BCUT2D eigenvalue weighted by Gasteiger charge is -2.19. The number of amides is 1. The maximum atomic E-state index is 11.8. The van der Waals surface area contributed by atoms with Crippen molar-refractivity contribution in [3.63, 3.8) is 0 Å². The van der Waals surface area contributed by atoms with Gasteiger partial charge in [-0.15, -0.1) is 0 Å². The summed E-state index contributed by atoms with van der Waals surface area (Å²) in [5.74, 6) is 1.36. The molecule has 0 saturated carbocycles. The second-order valence-corrected chi connectivity index (χ2v) is 8.52. The predicted molar refractivity (Wildman–Crippen MR) is 108 cm³/mol. The first-order valence-electron chi connectivity index (χ1n) is 7.94. The Hall–Kier alpha value is -2.11. The van der Waals surface area contributed by atoms with Crippen LogP contribution in [0.4, 0.5) is 0 Å². The molecule has 3 nitrogen and oxygen atoms in total. The van der Waals surface area contributed by atoms with E-state index in [1.165, 1.54) is 17.3 Å². The molecule has 1 aliphatic heterocycles. The smallest absolute Gasteiger partial charge is 0.263 e. The van der Waals surface area contributed by atoms with Gasteiger partial charge in [0, 0.05) is 0 Å². The lowest BCUT2D eigenvalue weighted by molar-refractivity contribution is -0.115. The molecule has 25 heavy (non-hydrogen) atoms. The van der Waals surface area contributed by atoms with Gasteiger partial charge in [0.05, 0.1) is 4.91 Å².